The second kappa shape index (κ2) is 6.35. The molecule has 1 aromatic rings. The molecule has 2 fully saturated rings. The van der Waals surface area contributed by atoms with Crippen LogP contribution in [0.3, 0.4) is 0 Å². The quantitative estimate of drug-likeness (QED) is 0.674. The highest BCUT2D eigenvalue weighted by molar-refractivity contribution is 5.91. The summed E-state index contributed by atoms with van der Waals surface area (Å²) in [4.78, 5) is 14.6. The van der Waals surface area contributed by atoms with Crippen LogP contribution in [-0.4, -0.2) is 49.5 Å². The van der Waals surface area contributed by atoms with Crippen molar-refractivity contribution in [3.8, 4) is 0 Å². The highest BCUT2D eigenvalue weighted by atomic mass is 19.1. The minimum atomic E-state index is -1.12. The predicted octanol–water partition coefficient (Wildman–Crippen LogP) is 1.20. The number of carboxylic acids is 1. The van der Waals surface area contributed by atoms with Crippen molar-refractivity contribution in [2.75, 3.05) is 35.7 Å². The number of methoxy groups -OCH3 is 1. The molecule has 7 nitrogen and oxygen atoms in total. The van der Waals surface area contributed by atoms with Crippen LogP contribution in [-0.2, 0) is 16.0 Å². The molecule has 146 valence electrons. The van der Waals surface area contributed by atoms with Crippen LogP contribution in [0.2, 0.25) is 0 Å². The summed E-state index contributed by atoms with van der Waals surface area (Å²) in [5.74, 6) is -2.73. The Bertz CT molecular complexity index is 841. The van der Waals surface area contributed by atoms with E-state index < -0.39 is 17.6 Å². The fraction of sp³-hybridized carbons (Fsp3) is 0.500. The van der Waals surface area contributed by atoms with E-state index in [2.05, 4.69) is 0 Å². The van der Waals surface area contributed by atoms with Crippen molar-refractivity contribution in [1.82, 2.24) is 0 Å². The normalized spacial score (nSPS) is 24.8. The number of ether oxygens (including phenoxy) is 1. The smallest absolute Gasteiger partial charge is 0.333 e. The van der Waals surface area contributed by atoms with Crippen LogP contribution in [0.1, 0.15) is 18.4 Å². The Hall–Kier alpha value is -2.39. The molecule has 1 aromatic carbocycles. The fourth-order valence-corrected chi connectivity index (χ4v) is 3.93. The largest absolute Gasteiger partial charge is 0.478 e. The van der Waals surface area contributed by atoms with Gasteiger partial charge in [0.1, 0.15) is 5.69 Å². The topological polar surface area (TPSA) is 105 Å². The van der Waals surface area contributed by atoms with Gasteiger partial charge in [-0.2, -0.15) is 0 Å². The Morgan fingerprint density at radius 3 is 2.52 bits per heavy atom. The van der Waals surface area contributed by atoms with Gasteiger partial charge in [0.15, 0.2) is 11.6 Å². The van der Waals surface area contributed by atoms with Gasteiger partial charge in [-0.15, -0.1) is 0 Å². The van der Waals surface area contributed by atoms with Crippen LogP contribution < -0.4 is 21.3 Å². The number of carbonyl (C=O) groups is 1. The molecule has 0 aromatic heterocycles. The Labute approximate surface area is 155 Å². The van der Waals surface area contributed by atoms with Crippen molar-refractivity contribution >= 4 is 23.0 Å². The average Bonchev–Trinajstić information content (AvgIpc) is 3.42. The number of nitrogen functional groups attached to an aromatic ring is 1. The molecule has 1 saturated heterocycles. The minimum Gasteiger partial charge on any atom is -0.478 e. The fourth-order valence-electron chi connectivity index (χ4n) is 3.93. The number of benzene rings is 1. The molecule has 3 aliphatic rings. The molecule has 2 heterocycles. The summed E-state index contributed by atoms with van der Waals surface area (Å²) in [6.07, 6.45) is 2.62. The van der Waals surface area contributed by atoms with Crippen molar-refractivity contribution in [3.63, 3.8) is 0 Å². The van der Waals surface area contributed by atoms with E-state index in [0.717, 1.165) is 12.8 Å². The molecule has 1 aliphatic carbocycles. The SMILES string of the molecule is CO[C@H]1CN(c2c(F)c(N)c3c(c2F)N(C2CC2)C=C(C(=O)O)C3)C[C@H]1N. The van der Waals surface area contributed by atoms with Gasteiger partial charge >= 0.3 is 5.97 Å². The molecule has 27 heavy (non-hydrogen) atoms. The number of rotatable bonds is 4. The van der Waals surface area contributed by atoms with E-state index in [4.69, 9.17) is 16.2 Å². The maximum atomic E-state index is 15.5. The molecule has 4 rings (SSSR count). The molecular weight excluding hydrogens is 358 g/mol. The monoisotopic (exact) mass is 380 g/mol. The summed E-state index contributed by atoms with van der Waals surface area (Å²) in [5, 5.41) is 9.37. The van der Waals surface area contributed by atoms with Crippen LogP contribution in [0.15, 0.2) is 11.8 Å². The van der Waals surface area contributed by atoms with Gasteiger partial charge in [-0.1, -0.05) is 0 Å². The van der Waals surface area contributed by atoms with E-state index in [-0.39, 0.29) is 65.9 Å². The third-order valence-corrected chi connectivity index (χ3v) is 5.53. The molecule has 1 saturated carbocycles. The summed E-state index contributed by atoms with van der Waals surface area (Å²) in [6.45, 7) is 0.494. The lowest BCUT2D eigenvalue weighted by Gasteiger charge is -2.32. The van der Waals surface area contributed by atoms with Crippen molar-refractivity contribution in [3.05, 3.63) is 29.0 Å². The number of fused-ring (bicyclic) bond motifs is 1. The van der Waals surface area contributed by atoms with Gasteiger partial charge in [0.2, 0.25) is 0 Å². The van der Waals surface area contributed by atoms with E-state index in [1.807, 2.05) is 0 Å². The number of anilines is 3. The number of carboxylic acid groups (broad SMARTS) is 1. The van der Waals surface area contributed by atoms with E-state index >= 15 is 8.78 Å². The van der Waals surface area contributed by atoms with Crippen LogP contribution in [0, 0.1) is 11.6 Å². The maximum absolute atomic E-state index is 15.5. The molecule has 9 heteroatoms. The lowest BCUT2D eigenvalue weighted by Crippen LogP contribution is -2.34. The minimum absolute atomic E-state index is 0.00169. The van der Waals surface area contributed by atoms with Gasteiger partial charge in [0.25, 0.3) is 0 Å². The van der Waals surface area contributed by atoms with Crippen molar-refractivity contribution in [2.45, 2.75) is 37.5 Å². The summed E-state index contributed by atoms with van der Waals surface area (Å²) in [7, 11) is 1.51. The van der Waals surface area contributed by atoms with Gasteiger partial charge < -0.3 is 31.1 Å². The molecule has 2 aliphatic heterocycles. The van der Waals surface area contributed by atoms with E-state index in [1.165, 1.54) is 18.2 Å². The predicted molar refractivity (Wildman–Crippen MR) is 96.7 cm³/mol. The highest BCUT2D eigenvalue weighted by Crippen LogP contribution is 2.46. The lowest BCUT2D eigenvalue weighted by molar-refractivity contribution is -0.132. The first kappa shape index (κ1) is 18.0. The average molecular weight is 380 g/mol. The van der Waals surface area contributed by atoms with E-state index in [9.17, 15) is 9.90 Å². The summed E-state index contributed by atoms with van der Waals surface area (Å²) >= 11 is 0. The first-order chi connectivity index (χ1) is 12.8. The number of nitrogens with zero attached hydrogens (tertiary/aromatic N) is 2. The summed E-state index contributed by atoms with van der Waals surface area (Å²) in [6, 6.07) is -0.373. The van der Waals surface area contributed by atoms with Gasteiger partial charge in [-0.3, -0.25) is 0 Å². The molecule has 2 atom stereocenters. The zero-order chi connectivity index (χ0) is 19.5. The van der Waals surface area contributed by atoms with Gasteiger partial charge in [-0.05, 0) is 12.8 Å². The first-order valence-electron chi connectivity index (χ1n) is 8.88. The summed E-state index contributed by atoms with van der Waals surface area (Å²) < 4.78 is 35.9. The number of aliphatic carboxylic acids is 1. The van der Waals surface area contributed by atoms with Crippen molar-refractivity contribution < 1.29 is 23.4 Å². The zero-order valence-electron chi connectivity index (χ0n) is 14.9. The number of hydrogen-bond acceptors (Lipinski definition) is 6. The molecule has 5 N–H and O–H groups in total. The van der Waals surface area contributed by atoms with E-state index in [0.29, 0.717) is 0 Å². The van der Waals surface area contributed by atoms with Crippen LogP contribution >= 0.6 is 0 Å². The molecule has 0 amide bonds. The molecule has 0 unspecified atom stereocenters. The Balaban J connectivity index is 1.84. The van der Waals surface area contributed by atoms with Crippen molar-refractivity contribution in [1.29, 1.82) is 0 Å². The summed E-state index contributed by atoms with van der Waals surface area (Å²) in [5.41, 5.74) is 12.0. The Morgan fingerprint density at radius 2 is 1.96 bits per heavy atom. The van der Waals surface area contributed by atoms with Gasteiger partial charge in [0, 0.05) is 44.4 Å². The van der Waals surface area contributed by atoms with Crippen LogP contribution in [0.5, 0.6) is 0 Å². The number of nitrogens with two attached hydrogens (primary N) is 2. The molecule has 0 radical (unpaired) electrons. The second-order valence-electron chi connectivity index (χ2n) is 7.34. The van der Waals surface area contributed by atoms with Crippen molar-refractivity contribution in [2.24, 2.45) is 5.73 Å². The van der Waals surface area contributed by atoms with Gasteiger partial charge in [-0.25, -0.2) is 13.6 Å². The number of halogens is 2. The Morgan fingerprint density at radius 1 is 1.26 bits per heavy atom. The molecular formula is C18H22F2N4O3. The first-order valence-corrected chi connectivity index (χ1v) is 8.88. The molecule has 0 spiro atoms. The van der Waals surface area contributed by atoms with Crippen LogP contribution in [0.4, 0.5) is 25.8 Å². The lowest BCUT2D eigenvalue weighted by atomic mass is 9.95. The maximum Gasteiger partial charge on any atom is 0.333 e. The van der Waals surface area contributed by atoms with Crippen LogP contribution in [0.25, 0.3) is 0 Å². The third kappa shape index (κ3) is 2.81. The standard InChI is InChI=1S/C18H22F2N4O3/c1-27-12-7-23(6-11(12)21)17-13(19)15(22)10-4-8(18(25)26)5-24(9-2-3-9)16(10)14(17)20/h5,9,11-12H,2-4,6-7,21-22H2,1H3,(H,25,26)/t11-,12+/m1/s1. The van der Waals surface area contributed by atoms with Gasteiger partial charge in [0.05, 0.1) is 29.1 Å². The van der Waals surface area contributed by atoms with E-state index in [1.54, 1.807) is 4.90 Å². The Kier molecular flexibility index (Phi) is 4.23. The zero-order valence-corrected chi connectivity index (χ0v) is 14.9. The third-order valence-electron chi connectivity index (χ3n) is 5.53. The second-order valence-corrected chi connectivity index (χ2v) is 7.34. The number of hydrogen-bond donors (Lipinski definition) is 3. The molecule has 0 bridgehead atoms. The highest BCUT2D eigenvalue weighted by Gasteiger charge is 2.40.